The van der Waals surface area contributed by atoms with E-state index in [0.29, 0.717) is 12.2 Å². The maximum Gasteiger partial charge on any atom is 0.138 e. The van der Waals surface area contributed by atoms with Crippen molar-refractivity contribution >= 4 is 5.78 Å². The van der Waals surface area contributed by atoms with E-state index in [-0.39, 0.29) is 11.5 Å². The van der Waals surface area contributed by atoms with Crippen LogP contribution in [-0.2, 0) is 9.53 Å². The first kappa shape index (κ1) is 19.9. The Balaban J connectivity index is 2.09. The normalized spacial score (nSPS) is 25.5. The Morgan fingerprint density at radius 1 is 1.09 bits per heavy atom. The third-order valence-corrected chi connectivity index (χ3v) is 4.62. The predicted octanol–water partition coefficient (Wildman–Crippen LogP) is 5.79. The highest BCUT2D eigenvalue weighted by Gasteiger charge is 2.40. The molecule has 1 fully saturated rings. The summed E-state index contributed by atoms with van der Waals surface area (Å²) in [6, 6.07) is 0. The van der Waals surface area contributed by atoms with E-state index in [4.69, 9.17) is 4.74 Å². The lowest BCUT2D eigenvalue weighted by Gasteiger charge is -2.20. The number of rotatable bonds is 11. The number of hydrogen-bond donors (Lipinski definition) is 0. The van der Waals surface area contributed by atoms with Crippen LogP contribution < -0.4 is 0 Å². The SMILES string of the molecule is CCCC/C=C\C/C=C\C/C=C\CC[C@@H]1C[C@@](C)(OC)CC1=O. The Morgan fingerprint density at radius 2 is 1.70 bits per heavy atom. The van der Waals surface area contributed by atoms with Gasteiger partial charge in [0, 0.05) is 19.4 Å². The summed E-state index contributed by atoms with van der Waals surface area (Å²) in [7, 11) is 1.71. The number of ether oxygens (including phenoxy) is 1. The quantitative estimate of drug-likeness (QED) is 0.356. The number of Topliss-reactive ketones (excluding diaryl/α,β-unsaturated/α-hetero) is 1. The Bertz CT molecular complexity index is 420. The molecule has 0 spiro atoms. The van der Waals surface area contributed by atoms with E-state index >= 15 is 0 Å². The lowest BCUT2D eigenvalue weighted by Crippen LogP contribution is -2.23. The molecule has 1 saturated carbocycles. The van der Waals surface area contributed by atoms with Crippen LogP contribution in [0.1, 0.15) is 71.6 Å². The smallest absolute Gasteiger partial charge is 0.138 e. The van der Waals surface area contributed by atoms with Crippen LogP contribution in [0.15, 0.2) is 36.5 Å². The summed E-state index contributed by atoms with van der Waals surface area (Å²) in [5, 5.41) is 0. The van der Waals surface area contributed by atoms with Crippen LogP contribution in [0.4, 0.5) is 0 Å². The van der Waals surface area contributed by atoms with E-state index in [0.717, 1.165) is 32.1 Å². The summed E-state index contributed by atoms with van der Waals surface area (Å²) < 4.78 is 5.46. The van der Waals surface area contributed by atoms with E-state index in [9.17, 15) is 4.79 Å². The maximum atomic E-state index is 12.0. The number of allylic oxidation sites excluding steroid dienone is 6. The van der Waals surface area contributed by atoms with Gasteiger partial charge >= 0.3 is 0 Å². The van der Waals surface area contributed by atoms with Crippen molar-refractivity contribution in [1.29, 1.82) is 0 Å². The second-order valence-corrected chi connectivity index (χ2v) is 6.80. The lowest BCUT2D eigenvalue weighted by molar-refractivity contribution is -0.121. The molecular weight excluding hydrogens is 284 g/mol. The van der Waals surface area contributed by atoms with Crippen LogP contribution >= 0.6 is 0 Å². The highest BCUT2D eigenvalue weighted by atomic mass is 16.5. The zero-order valence-corrected chi connectivity index (χ0v) is 15.2. The number of hydrogen-bond acceptors (Lipinski definition) is 2. The van der Waals surface area contributed by atoms with Crippen LogP contribution in [-0.4, -0.2) is 18.5 Å². The molecule has 0 aromatic heterocycles. The molecular formula is C21H34O2. The highest BCUT2D eigenvalue weighted by Crippen LogP contribution is 2.36. The predicted molar refractivity (Wildman–Crippen MR) is 98.6 cm³/mol. The van der Waals surface area contributed by atoms with Gasteiger partial charge in [-0.1, -0.05) is 56.2 Å². The molecule has 23 heavy (non-hydrogen) atoms. The first-order valence-corrected chi connectivity index (χ1v) is 9.14. The van der Waals surface area contributed by atoms with E-state index in [2.05, 4.69) is 43.4 Å². The van der Waals surface area contributed by atoms with Gasteiger partial charge in [0.25, 0.3) is 0 Å². The molecule has 1 rings (SSSR count). The third kappa shape index (κ3) is 8.31. The van der Waals surface area contributed by atoms with Crippen molar-refractivity contribution in [3.63, 3.8) is 0 Å². The number of unbranched alkanes of at least 4 members (excludes halogenated alkanes) is 2. The highest BCUT2D eigenvalue weighted by molar-refractivity contribution is 5.84. The molecule has 0 amide bonds. The Labute approximate surface area is 142 Å². The Hall–Kier alpha value is -1.15. The van der Waals surface area contributed by atoms with Gasteiger partial charge in [0.2, 0.25) is 0 Å². The Morgan fingerprint density at radius 3 is 2.26 bits per heavy atom. The van der Waals surface area contributed by atoms with Crippen LogP contribution in [0, 0.1) is 5.92 Å². The zero-order valence-electron chi connectivity index (χ0n) is 15.2. The van der Waals surface area contributed by atoms with Gasteiger partial charge in [-0.3, -0.25) is 4.79 Å². The van der Waals surface area contributed by atoms with E-state index in [1.807, 2.05) is 6.92 Å². The van der Waals surface area contributed by atoms with Crippen molar-refractivity contribution in [2.75, 3.05) is 7.11 Å². The summed E-state index contributed by atoms with van der Waals surface area (Å²) in [5.74, 6) is 0.561. The molecule has 2 nitrogen and oxygen atoms in total. The van der Waals surface area contributed by atoms with Crippen molar-refractivity contribution in [2.45, 2.75) is 77.2 Å². The molecule has 2 atom stereocenters. The monoisotopic (exact) mass is 318 g/mol. The molecule has 2 heteroatoms. The Kier molecular flexibility index (Phi) is 9.86. The van der Waals surface area contributed by atoms with Gasteiger partial charge in [-0.25, -0.2) is 0 Å². The van der Waals surface area contributed by atoms with Gasteiger partial charge in [0.05, 0.1) is 5.60 Å². The minimum atomic E-state index is -0.223. The number of carbonyl (C=O) groups is 1. The number of methoxy groups -OCH3 is 1. The van der Waals surface area contributed by atoms with Gasteiger partial charge in [0.1, 0.15) is 5.78 Å². The maximum absolute atomic E-state index is 12.0. The molecule has 130 valence electrons. The first-order valence-electron chi connectivity index (χ1n) is 9.14. The number of carbonyl (C=O) groups excluding carboxylic acids is 1. The number of ketones is 1. The fourth-order valence-electron chi connectivity index (χ4n) is 3.04. The molecule has 1 aliphatic rings. The molecule has 0 aliphatic heterocycles. The van der Waals surface area contributed by atoms with E-state index in [1.54, 1.807) is 7.11 Å². The summed E-state index contributed by atoms with van der Waals surface area (Å²) in [5.41, 5.74) is -0.223. The summed E-state index contributed by atoms with van der Waals surface area (Å²) >= 11 is 0. The fourth-order valence-corrected chi connectivity index (χ4v) is 3.04. The first-order chi connectivity index (χ1) is 11.1. The minimum absolute atomic E-state index is 0.188. The van der Waals surface area contributed by atoms with Crippen molar-refractivity contribution < 1.29 is 9.53 Å². The molecule has 0 N–H and O–H groups in total. The van der Waals surface area contributed by atoms with Gasteiger partial charge in [-0.2, -0.15) is 0 Å². The van der Waals surface area contributed by atoms with Crippen LogP contribution in [0.3, 0.4) is 0 Å². The summed E-state index contributed by atoms with van der Waals surface area (Å²) in [4.78, 5) is 12.0. The van der Waals surface area contributed by atoms with Crippen LogP contribution in [0.2, 0.25) is 0 Å². The molecule has 0 unspecified atom stereocenters. The standard InChI is InChI=1S/C21H34O2/c1-4-5-6-7-8-9-10-11-12-13-14-15-16-19-17-21(2,23-3)18-20(19)22/h7-8,10-11,13-14,19H,4-6,9,12,15-18H2,1-3H3/b8-7-,11-10-,14-13-/t19-,21-/m1/s1. The van der Waals surface area contributed by atoms with Crippen LogP contribution in [0.25, 0.3) is 0 Å². The third-order valence-electron chi connectivity index (χ3n) is 4.62. The fraction of sp³-hybridized carbons (Fsp3) is 0.667. The topological polar surface area (TPSA) is 26.3 Å². The van der Waals surface area contributed by atoms with Crippen molar-refractivity contribution in [2.24, 2.45) is 5.92 Å². The van der Waals surface area contributed by atoms with Crippen molar-refractivity contribution in [3.05, 3.63) is 36.5 Å². The molecule has 1 aliphatic carbocycles. The molecule has 0 radical (unpaired) electrons. The van der Waals surface area contributed by atoms with E-state index in [1.165, 1.54) is 19.3 Å². The van der Waals surface area contributed by atoms with Crippen LogP contribution in [0.5, 0.6) is 0 Å². The molecule has 0 bridgehead atoms. The van der Waals surface area contributed by atoms with Crippen molar-refractivity contribution in [3.8, 4) is 0 Å². The molecule has 0 heterocycles. The summed E-state index contributed by atoms with van der Waals surface area (Å²) in [6.45, 7) is 4.27. The average molecular weight is 319 g/mol. The largest absolute Gasteiger partial charge is 0.378 e. The summed E-state index contributed by atoms with van der Waals surface area (Å²) in [6.07, 6.45) is 22.5. The average Bonchev–Trinajstić information content (AvgIpc) is 2.83. The zero-order chi connectivity index (χ0) is 17.0. The van der Waals surface area contributed by atoms with Gasteiger partial charge in [-0.15, -0.1) is 0 Å². The molecule has 0 aromatic rings. The minimum Gasteiger partial charge on any atom is -0.378 e. The van der Waals surface area contributed by atoms with Gasteiger partial charge < -0.3 is 4.74 Å². The lowest BCUT2D eigenvalue weighted by atomic mass is 9.98. The van der Waals surface area contributed by atoms with Gasteiger partial charge in [-0.05, 0) is 45.4 Å². The molecule has 0 aromatic carbocycles. The van der Waals surface area contributed by atoms with Gasteiger partial charge in [0.15, 0.2) is 0 Å². The molecule has 0 saturated heterocycles. The second kappa shape index (κ2) is 11.4. The van der Waals surface area contributed by atoms with E-state index < -0.39 is 0 Å². The second-order valence-electron chi connectivity index (χ2n) is 6.80. The van der Waals surface area contributed by atoms with Crippen molar-refractivity contribution in [1.82, 2.24) is 0 Å².